The third-order valence-electron chi connectivity index (χ3n) is 2.35. The van der Waals surface area contributed by atoms with E-state index >= 15 is 0 Å². The smallest absolute Gasteiger partial charge is 0.268 e. The number of aryl methyl sites for hydroxylation is 1. The van der Waals surface area contributed by atoms with Crippen molar-refractivity contribution < 1.29 is 0 Å². The number of aromatic nitrogens is 2. The highest BCUT2D eigenvalue weighted by Crippen LogP contribution is 2.19. The summed E-state index contributed by atoms with van der Waals surface area (Å²) in [4.78, 5) is 15.7. The summed E-state index contributed by atoms with van der Waals surface area (Å²) < 4.78 is 1.39. The van der Waals surface area contributed by atoms with E-state index in [1.807, 2.05) is 12.1 Å². The van der Waals surface area contributed by atoms with Crippen LogP contribution in [-0.2, 0) is 7.05 Å². The van der Waals surface area contributed by atoms with E-state index in [1.54, 1.807) is 37.8 Å². The normalized spacial score (nSPS) is 9.75. The van der Waals surface area contributed by atoms with Crippen LogP contribution < -0.4 is 5.56 Å². The zero-order valence-electron chi connectivity index (χ0n) is 8.71. The largest absolute Gasteiger partial charge is 0.317 e. The average molecular weight is 211 g/mol. The maximum Gasteiger partial charge on any atom is 0.268 e. The molecule has 4 nitrogen and oxygen atoms in total. The Morgan fingerprint density at radius 1 is 1.44 bits per heavy atom. The first kappa shape index (κ1) is 10.1. The van der Waals surface area contributed by atoms with Gasteiger partial charge in [0.05, 0.1) is 0 Å². The van der Waals surface area contributed by atoms with Crippen LogP contribution in [0.4, 0.5) is 0 Å². The van der Waals surface area contributed by atoms with Crippen LogP contribution in [0.25, 0.3) is 11.1 Å². The van der Waals surface area contributed by atoms with Crippen LogP contribution in [0.2, 0.25) is 0 Å². The molecule has 2 rings (SSSR count). The Labute approximate surface area is 92.4 Å². The predicted octanol–water partition coefficient (Wildman–Crippen LogP) is 1.32. The van der Waals surface area contributed by atoms with Crippen LogP contribution in [0.1, 0.15) is 5.56 Å². The molecule has 0 N–H and O–H groups in total. The lowest BCUT2D eigenvalue weighted by molar-refractivity contribution is 0.856. The molecule has 0 saturated heterocycles. The molecule has 0 saturated carbocycles. The summed E-state index contributed by atoms with van der Waals surface area (Å²) in [6, 6.07) is 7.28. The predicted molar refractivity (Wildman–Crippen MR) is 59.6 cm³/mol. The van der Waals surface area contributed by atoms with Gasteiger partial charge in [-0.25, -0.2) is 0 Å². The molecule has 4 heteroatoms. The summed E-state index contributed by atoms with van der Waals surface area (Å²) in [6.45, 7) is 0. The van der Waals surface area contributed by atoms with Gasteiger partial charge in [-0.15, -0.1) is 0 Å². The molecule has 2 heterocycles. The van der Waals surface area contributed by atoms with E-state index in [9.17, 15) is 4.79 Å². The van der Waals surface area contributed by atoms with Gasteiger partial charge in [0.15, 0.2) is 0 Å². The van der Waals surface area contributed by atoms with Gasteiger partial charge in [-0.05, 0) is 12.1 Å². The van der Waals surface area contributed by atoms with Gasteiger partial charge >= 0.3 is 0 Å². The average Bonchev–Trinajstić information content (AvgIpc) is 2.33. The maximum absolute atomic E-state index is 11.7. The van der Waals surface area contributed by atoms with Crippen LogP contribution in [0.3, 0.4) is 0 Å². The molecular weight excluding hydrogens is 202 g/mol. The van der Waals surface area contributed by atoms with Crippen molar-refractivity contribution in [2.24, 2.45) is 7.05 Å². The second-order valence-electron chi connectivity index (χ2n) is 3.37. The molecule has 0 aliphatic rings. The second-order valence-corrected chi connectivity index (χ2v) is 3.37. The summed E-state index contributed by atoms with van der Waals surface area (Å²) in [5, 5.41) is 9.00. The van der Waals surface area contributed by atoms with Crippen LogP contribution in [0.5, 0.6) is 0 Å². The molecule has 0 radical (unpaired) electrons. The summed E-state index contributed by atoms with van der Waals surface area (Å²) in [5.41, 5.74) is 1.26. The van der Waals surface area contributed by atoms with E-state index < -0.39 is 0 Å². The zero-order chi connectivity index (χ0) is 11.5. The molecule has 0 atom stereocenters. The van der Waals surface area contributed by atoms with Crippen LogP contribution in [0.15, 0.2) is 41.6 Å². The Hall–Kier alpha value is -2.41. The van der Waals surface area contributed by atoms with Gasteiger partial charge in [-0.2, -0.15) is 5.26 Å². The molecule has 0 fully saturated rings. The summed E-state index contributed by atoms with van der Waals surface area (Å²) in [6.07, 6.45) is 4.93. The maximum atomic E-state index is 11.7. The third-order valence-corrected chi connectivity index (χ3v) is 2.35. The number of nitrogens with zero attached hydrogens (tertiary/aromatic N) is 3. The fraction of sp³-hybridized carbons (Fsp3) is 0.0833. The minimum absolute atomic E-state index is 0.151. The fourth-order valence-electron chi connectivity index (χ4n) is 1.50. The number of hydrogen-bond acceptors (Lipinski definition) is 3. The van der Waals surface area contributed by atoms with Gasteiger partial charge in [-0.3, -0.25) is 9.78 Å². The molecule has 0 amide bonds. The zero-order valence-corrected chi connectivity index (χ0v) is 8.71. The fourth-order valence-corrected chi connectivity index (χ4v) is 1.50. The number of rotatable bonds is 1. The van der Waals surface area contributed by atoms with Crippen molar-refractivity contribution in [3.63, 3.8) is 0 Å². The Morgan fingerprint density at radius 2 is 2.25 bits per heavy atom. The first-order valence-electron chi connectivity index (χ1n) is 4.74. The Kier molecular flexibility index (Phi) is 2.52. The minimum atomic E-state index is -0.288. The molecule has 0 spiro atoms. The van der Waals surface area contributed by atoms with Crippen molar-refractivity contribution in [3.8, 4) is 17.2 Å². The number of pyridine rings is 2. The van der Waals surface area contributed by atoms with E-state index in [0.717, 1.165) is 5.56 Å². The van der Waals surface area contributed by atoms with Gasteiger partial charge in [0.2, 0.25) is 0 Å². The lowest BCUT2D eigenvalue weighted by Gasteiger charge is -2.04. The molecule has 16 heavy (non-hydrogen) atoms. The van der Waals surface area contributed by atoms with E-state index in [0.29, 0.717) is 5.56 Å². The SMILES string of the molecule is Cn1ccc(-c2cccnc2)c(C#N)c1=O. The molecular formula is C12H9N3O. The first-order chi connectivity index (χ1) is 7.74. The molecule has 0 unspecified atom stereocenters. The molecule has 0 aliphatic carbocycles. The Morgan fingerprint density at radius 3 is 2.88 bits per heavy atom. The van der Waals surface area contributed by atoms with E-state index in [1.165, 1.54) is 4.57 Å². The van der Waals surface area contributed by atoms with Crippen molar-refractivity contribution in [2.75, 3.05) is 0 Å². The molecule has 0 bridgehead atoms. The van der Waals surface area contributed by atoms with Crippen molar-refractivity contribution in [1.82, 2.24) is 9.55 Å². The van der Waals surface area contributed by atoms with Crippen molar-refractivity contribution in [2.45, 2.75) is 0 Å². The van der Waals surface area contributed by atoms with Gasteiger partial charge < -0.3 is 4.57 Å². The molecule has 78 valence electrons. The van der Waals surface area contributed by atoms with Crippen molar-refractivity contribution in [1.29, 1.82) is 5.26 Å². The van der Waals surface area contributed by atoms with E-state index in [2.05, 4.69) is 4.98 Å². The lowest BCUT2D eigenvalue weighted by atomic mass is 10.0. The summed E-state index contributed by atoms with van der Waals surface area (Å²) in [7, 11) is 1.62. The molecule has 2 aromatic heterocycles. The van der Waals surface area contributed by atoms with Gasteiger partial charge in [0.1, 0.15) is 11.6 Å². The van der Waals surface area contributed by atoms with Gasteiger partial charge in [-0.1, -0.05) is 6.07 Å². The van der Waals surface area contributed by atoms with Crippen LogP contribution in [-0.4, -0.2) is 9.55 Å². The number of hydrogen-bond donors (Lipinski definition) is 0. The van der Waals surface area contributed by atoms with Crippen molar-refractivity contribution >= 4 is 0 Å². The summed E-state index contributed by atoms with van der Waals surface area (Å²) >= 11 is 0. The molecule has 2 aromatic rings. The van der Waals surface area contributed by atoms with Gasteiger partial charge in [0.25, 0.3) is 5.56 Å². The highest BCUT2D eigenvalue weighted by atomic mass is 16.1. The minimum Gasteiger partial charge on any atom is -0.317 e. The van der Waals surface area contributed by atoms with Crippen LogP contribution >= 0.6 is 0 Å². The van der Waals surface area contributed by atoms with E-state index in [4.69, 9.17) is 5.26 Å². The monoisotopic (exact) mass is 211 g/mol. The molecule has 0 aromatic carbocycles. The third kappa shape index (κ3) is 1.59. The van der Waals surface area contributed by atoms with Gasteiger partial charge in [0, 0.05) is 36.8 Å². The molecule has 0 aliphatic heterocycles. The quantitative estimate of drug-likeness (QED) is 0.714. The highest BCUT2D eigenvalue weighted by molar-refractivity contribution is 5.68. The van der Waals surface area contributed by atoms with Crippen molar-refractivity contribution in [3.05, 3.63) is 52.7 Å². The first-order valence-corrected chi connectivity index (χ1v) is 4.74. The highest BCUT2D eigenvalue weighted by Gasteiger charge is 2.09. The topological polar surface area (TPSA) is 58.7 Å². The van der Waals surface area contributed by atoms with E-state index in [-0.39, 0.29) is 11.1 Å². The Balaban J connectivity index is 2.74. The second kappa shape index (κ2) is 3.99. The standard InChI is InChI=1S/C12H9N3O/c1-15-6-4-10(11(7-13)12(15)16)9-3-2-5-14-8-9/h2-6,8H,1H3. The lowest BCUT2D eigenvalue weighted by Crippen LogP contribution is -2.19. The van der Waals surface area contributed by atoms with Crippen LogP contribution in [0, 0.1) is 11.3 Å². The number of nitriles is 1. The Bertz CT molecular complexity index is 608. The summed E-state index contributed by atoms with van der Waals surface area (Å²) in [5.74, 6) is 0.